The Bertz CT molecular complexity index is 675. The van der Waals surface area contributed by atoms with E-state index in [2.05, 4.69) is 0 Å². The van der Waals surface area contributed by atoms with Crippen molar-refractivity contribution in [3.05, 3.63) is 71.2 Å². The first kappa shape index (κ1) is 11.5. The van der Waals surface area contributed by atoms with E-state index in [-0.39, 0.29) is 5.97 Å². The summed E-state index contributed by atoms with van der Waals surface area (Å²) in [5, 5.41) is 0. The van der Waals surface area contributed by atoms with Gasteiger partial charge in [0.05, 0.1) is 5.57 Å². The predicted octanol–water partition coefficient (Wildman–Crippen LogP) is 3.57. The highest BCUT2D eigenvalue weighted by molar-refractivity contribution is 6.04. The third kappa shape index (κ3) is 2.36. The van der Waals surface area contributed by atoms with Crippen LogP contribution in [0.15, 0.2) is 58.5 Å². The third-order valence-corrected chi connectivity index (χ3v) is 2.84. The van der Waals surface area contributed by atoms with Crippen molar-refractivity contribution < 1.29 is 13.9 Å². The molecule has 19 heavy (non-hydrogen) atoms. The molecule has 3 rings (SSSR count). The van der Waals surface area contributed by atoms with E-state index < -0.39 is 0 Å². The number of furan rings is 1. The molecule has 0 fully saturated rings. The highest BCUT2D eigenvalue weighted by atomic mass is 16.5. The lowest BCUT2D eigenvalue weighted by Crippen LogP contribution is -1.96. The van der Waals surface area contributed by atoms with Crippen LogP contribution in [0.4, 0.5) is 0 Å². The Morgan fingerprint density at radius 2 is 1.84 bits per heavy atom. The summed E-state index contributed by atoms with van der Waals surface area (Å²) in [6.45, 7) is 1.86. The van der Waals surface area contributed by atoms with E-state index in [1.54, 1.807) is 12.2 Å². The van der Waals surface area contributed by atoms with E-state index >= 15 is 0 Å². The van der Waals surface area contributed by atoms with Crippen LogP contribution in [0.1, 0.15) is 17.1 Å². The van der Waals surface area contributed by atoms with Crippen molar-refractivity contribution in [2.45, 2.75) is 6.92 Å². The summed E-state index contributed by atoms with van der Waals surface area (Å²) in [6.07, 6.45) is 3.42. The molecule has 1 aromatic carbocycles. The molecule has 1 aromatic heterocycles. The van der Waals surface area contributed by atoms with E-state index in [1.807, 2.05) is 49.4 Å². The van der Waals surface area contributed by atoms with Gasteiger partial charge < -0.3 is 9.15 Å². The Kier molecular flexibility index (Phi) is 2.80. The van der Waals surface area contributed by atoms with Crippen LogP contribution in [0.25, 0.3) is 11.8 Å². The zero-order valence-electron chi connectivity index (χ0n) is 10.4. The van der Waals surface area contributed by atoms with Gasteiger partial charge in [-0.3, -0.25) is 0 Å². The quantitative estimate of drug-likeness (QED) is 0.606. The van der Waals surface area contributed by atoms with Gasteiger partial charge >= 0.3 is 5.97 Å². The van der Waals surface area contributed by atoms with Crippen LogP contribution in [0.2, 0.25) is 0 Å². The van der Waals surface area contributed by atoms with Gasteiger partial charge in [-0.2, -0.15) is 0 Å². The molecule has 0 radical (unpaired) electrons. The van der Waals surface area contributed by atoms with Gasteiger partial charge in [-0.05, 0) is 31.2 Å². The maximum absolute atomic E-state index is 11.8. The summed E-state index contributed by atoms with van der Waals surface area (Å²) in [5.41, 5.74) is 1.38. The third-order valence-electron chi connectivity index (χ3n) is 2.84. The molecular formula is C16H12O3. The fourth-order valence-corrected chi connectivity index (χ4v) is 1.92. The molecule has 3 nitrogen and oxygen atoms in total. The normalized spacial score (nSPS) is 16.6. The highest BCUT2D eigenvalue weighted by Crippen LogP contribution is 2.27. The SMILES string of the molecule is Cc1ccc(C=C2C=C(c3ccccc3)OC2=O)o1. The first-order valence-corrected chi connectivity index (χ1v) is 6.00. The van der Waals surface area contributed by atoms with E-state index in [9.17, 15) is 4.79 Å². The Morgan fingerprint density at radius 1 is 1.05 bits per heavy atom. The van der Waals surface area contributed by atoms with Crippen LogP contribution in [-0.2, 0) is 9.53 Å². The van der Waals surface area contributed by atoms with Crippen LogP contribution in [-0.4, -0.2) is 5.97 Å². The Hall–Kier alpha value is -2.55. The standard InChI is InChI=1S/C16H12O3/c1-11-7-8-14(18-11)9-13-10-15(19-16(13)17)12-5-3-2-4-6-12/h2-10H,1H3. The fraction of sp³-hybridized carbons (Fsp3) is 0.0625. The molecule has 3 heteroatoms. The van der Waals surface area contributed by atoms with E-state index in [0.717, 1.165) is 11.3 Å². The minimum absolute atomic E-state index is 0.354. The zero-order chi connectivity index (χ0) is 13.2. The van der Waals surface area contributed by atoms with E-state index in [1.165, 1.54) is 0 Å². The van der Waals surface area contributed by atoms with Gasteiger partial charge in [-0.1, -0.05) is 30.3 Å². The van der Waals surface area contributed by atoms with Gasteiger partial charge in [0.2, 0.25) is 0 Å². The molecule has 0 aliphatic carbocycles. The molecule has 1 aliphatic heterocycles. The van der Waals surface area contributed by atoms with Crippen molar-refractivity contribution in [1.29, 1.82) is 0 Å². The number of hydrogen-bond donors (Lipinski definition) is 0. The number of aryl methyl sites for hydroxylation is 1. The monoisotopic (exact) mass is 252 g/mol. The summed E-state index contributed by atoms with van der Waals surface area (Å²) in [5.74, 6) is 1.67. The average Bonchev–Trinajstić information content (AvgIpc) is 2.98. The largest absolute Gasteiger partial charge is 0.462 e. The molecule has 0 atom stereocenters. The van der Waals surface area contributed by atoms with Crippen molar-refractivity contribution in [3.8, 4) is 0 Å². The Labute approximate surface area is 110 Å². The summed E-state index contributed by atoms with van der Waals surface area (Å²) < 4.78 is 10.7. The van der Waals surface area contributed by atoms with Crippen molar-refractivity contribution in [2.24, 2.45) is 0 Å². The summed E-state index contributed by atoms with van der Waals surface area (Å²) >= 11 is 0. The Morgan fingerprint density at radius 3 is 2.53 bits per heavy atom. The molecule has 0 spiro atoms. The van der Waals surface area contributed by atoms with Crippen LogP contribution in [0, 0.1) is 6.92 Å². The van der Waals surface area contributed by atoms with Crippen LogP contribution in [0.5, 0.6) is 0 Å². The van der Waals surface area contributed by atoms with Crippen LogP contribution < -0.4 is 0 Å². The van der Waals surface area contributed by atoms with Crippen molar-refractivity contribution >= 4 is 17.8 Å². The van der Waals surface area contributed by atoms with Crippen molar-refractivity contribution in [2.75, 3.05) is 0 Å². The molecule has 1 aliphatic rings. The molecule has 2 aromatic rings. The van der Waals surface area contributed by atoms with Gasteiger partial charge in [0.25, 0.3) is 0 Å². The first-order chi connectivity index (χ1) is 9.22. The maximum Gasteiger partial charge on any atom is 0.343 e. The zero-order valence-corrected chi connectivity index (χ0v) is 10.4. The highest BCUT2D eigenvalue weighted by Gasteiger charge is 2.22. The number of hydrogen-bond acceptors (Lipinski definition) is 3. The molecule has 0 amide bonds. The molecule has 2 heterocycles. The topological polar surface area (TPSA) is 39.4 Å². The van der Waals surface area contributed by atoms with E-state index in [0.29, 0.717) is 17.1 Å². The number of ether oxygens (including phenoxy) is 1. The summed E-state index contributed by atoms with van der Waals surface area (Å²) in [7, 11) is 0. The second-order valence-electron chi connectivity index (χ2n) is 4.31. The van der Waals surface area contributed by atoms with Gasteiger partial charge in [0.15, 0.2) is 0 Å². The second-order valence-corrected chi connectivity index (χ2v) is 4.31. The first-order valence-electron chi connectivity index (χ1n) is 6.00. The van der Waals surface area contributed by atoms with Gasteiger partial charge in [-0.25, -0.2) is 4.79 Å². The van der Waals surface area contributed by atoms with Crippen molar-refractivity contribution in [1.82, 2.24) is 0 Å². The summed E-state index contributed by atoms with van der Waals surface area (Å²) in [6, 6.07) is 13.2. The van der Waals surface area contributed by atoms with Gasteiger partial charge in [0, 0.05) is 5.56 Å². The molecule has 0 bridgehead atoms. The van der Waals surface area contributed by atoms with Crippen LogP contribution >= 0.6 is 0 Å². The van der Waals surface area contributed by atoms with Gasteiger partial charge in [-0.15, -0.1) is 0 Å². The Balaban J connectivity index is 1.94. The molecule has 94 valence electrons. The molecule has 0 N–H and O–H groups in total. The number of benzene rings is 1. The smallest absolute Gasteiger partial charge is 0.343 e. The number of cyclic esters (lactones) is 1. The number of esters is 1. The fourth-order valence-electron chi connectivity index (χ4n) is 1.92. The molecular weight excluding hydrogens is 240 g/mol. The lowest BCUT2D eigenvalue weighted by molar-refractivity contribution is -0.130. The van der Waals surface area contributed by atoms with Gasteiger partial charge in [0.1, 0.15) is 17.3 Å². The number of carbonyl (C=O) groups is 1. The van der Waals surface area contributed by atoms with Crippen molar-refractivity contribution in [3.63, 3.8) is 0 Å². The maximum atomic E-state index is 11.8. The lowest BCUT2D eigenvalue weighted by Gasteiger charge is -1.99. The predicted molar refractivity (Wildman–Crippen MR) is 71.9 cm³/mol. The minimum atomic E-state index is -0.354. The molecule has 0 unspecified atom stereocenters. The second kappa shape index (κ2) is 4.61. The number of rotatable bonds is 2. The minimum Gasteiger partial charge on any atom is -0.462 e. The summed E-state index contributed by atoms with van der Waals surface area (Å²) in [4.78, 5) is 11.8. The average molecular weight is 252 g/mol. The van der Waals surface area contributed by atoms with Crippen LogP contribution in [0.3, 0.4) is 0 Å². The number of carbonyl (C=O) groups excluding carboxylic acids is 1. The van der Waals surface area contributed by atoms with E-state index in [4.69, 9.17) is 9.15 Å². The lowest BCUT2D eigenvalue weighted by atomic mass is 10.1. The molecule has 0 saturated heterocycles. The molecule has 0 saturated carbocycles.